The summed E-state index contributed by atoms with van der Waals surface area (Å²) in [4.78, 5) is 35.6. The molecule has 13 nitrogen and oxygen atoms in total. The van der Waals surface area contributed by atoms with E-state index in [9.17, 15) is 23.7 Å². The van der Waals surface area contributed by atoms with E-state index >= 15 is 0 Å². The summed E-state index contributed by atoms with van der Waals surface area (Å²) in [5, 5.41) is 0. The molecule has 1 saturated heterocycles. The van der Waals surface area contributed by atoms with Gasteiger partial charge in [0.1, 0.15) is 24.3 Å². The average molecular weight is 499 g/mol. The number of phosphoric acid groups is 2. The Morgan fingerprint density at radius 2 is 1.78 bits per heavy atom. The molecule has 0 aromatic carbocycles. The fraction of sp³-hybridized carbons (Fsp3) is 0.765. The summed E-state index contributed by atoms with van der Waals surface area (Å²) in [6.07, 6.45) is 0.845. The maximum absolute atomic E-state index is 12.3. The third-order valence-electron chi connectivity index (χ3n) is 4.52. The van der Waals surface area contributed by atoms with E-state index in [1.165, 1.54) is 12.3 Å². The first-order valence-electron chi connectivity index (χ1n) is 10.3. The third kappa shape index (κ3) is 8.66. The summed E-state index contributed by atoms with van der Waals surface area (Å²) in [7, 11) is -8.83. The maximum atomic E-state index is 12.3. The van der Waals surface area contributed by atoms with Crippen molar-refractivity contribution in [1.82, 2.24) is 9.55 Å². The molecule has 1 fully saturated rings. The first-order valence-corrected chi connectivity index (χ1v) is 13.3. The van der Waals surface area contributed by atoms with Crippen LogP contribution in [0.2, 0.25) is 0 Å². The van der Waals surface area contributed by atoms with E-state index in [0.717, 1.165) is 17.4 Å². The number of aromatic nitrogens is 2. The molecule has 2 rings (SSSR count). The van der Waals surface area contributed by atoms with Crippen molar-refractivity contribution in [3.63, 3.8) is 0 Å². The van der Waals surface area contributed by atoms with Crippen LogP contribution in [0.4, 0.5) is 5.82 Å². The largest absolute Gasteiger partial charge is 0.472 e. The van der Waals surface area contributed by atoms with Gasteiger partial charge in [-0.15, -0.1) is 0 Å². The quantitative estimate of drug-likeness (QED) is 0.251. The lowest BCUT2D eigenvalue weighted by Crippen LogP contribution is -2.29. The zero-order valence-electron chi connectivity index (χ0n) is 18.1. The van der Waals surface area contributed by atoms with Crippen LogP contribution in [0.25, 0.3) is 0 Å². The number of ether oxygens (including phenoxy) is 1. The molecular formula is C17H31N3O10P2. The molecule has 32 heavy (non-hydrogen) atoms. The second-order valence-electron chi connectivity index (χ2n) is 7.16. The van der Waals surface area contributed by atoms with Crippen molar-refractivity contribution in [2.45, 2.75) is 64.4 Å². The monoisotopic (exact) mass is 499 g/mol. The number of nitrogens with two attached hydrogens (primary N) is 1. The maximum Gasteiger partial charge on any atom is 0.472 e. The molecule has 1 aliphatic rings. The van der Waals surface area contributed by atoms with E-state index in [0.29, 0.717) is 12.8 Å². The normalized spacial score (nSPS) is 24.8. The van der Waals surface area contributed by atoms with Crippen LogP contribution in [0, 0.1) is 0 Å². The number of unbranched alkanes of at least 4 members (excludes halogenated alkanes) is 2. The fourth-order valence-electron chi connectivity index (χ4n) is 2.83. The van der Waals surface area contributed by atoms with E-state index in [-0.39, 0.29) is 25.5 Å². The zero-order valence-corrected chi connectivity index (χ0v) is 19.9. The van der Waals surface area contributed by atoms with Gasteiger partial charge in [-0.2, -0.15) is 4.98 Å². The molecule has 4 N–H and O–H groups in total. The Morgan fingerprint density at radius 1 is 1.16 bits per heavy atom. The molecule has 5 atom stereocenters. The number of nitrogens with zero attached hydrogens (tertiary/aromatic N) is 2. The SMILES string of the molecule is CCCCOP(=O)(O)OC[C@@H]1O[C@@H](n2ccc(N)nc2=O)C[C@H]1OP(=O)(O)OCCCC. The summed E-state index contributed by atoms with van der Waals surface area (Å²) >= 11 is 0. The minimum absolute atomic E-state index is 0.0148. The van der Waals surface area contributed by atoms with Gasteiger partial charge in [-0.1, -0.05) is 26.7 Å². The van der Waals surface area contributed by atoms with Crippen LogP contribution < -0.4 is 11.4 Å². The lowest BCUT2D eigenvalue weighted by molar-refractivity contribution is -0.0468. The van der Waals surface area contributed by atoms with Gasteiger partial charge in [-0.25, -0.2) is 13.9 Å². The predicted molar refractivity (Wildman–Crippen MR) is 114 cm³/mol. The van der Waals surface area contributed by atoms with Crippen molar-refractivity contribution in [2.24, 2.45) is 0 Å². The van der Waals surface area contributed by atoms with Crippen molar-refractivity contribution < 1.29 is 41.7 Å². The molecule has 0 bridgehead atoms. The van der Waals surface area contributed by atoms with Crippen LogP contribution in [0.5, 0.6) is 0 Å². The Hall–Kier alpha value is -1.14. The van der Waals surface area contributed by atoms with Crippen LogP contribution in [0.1, 0.15) is 52.2 Å². The van der Waals surface area contributed by atoms with Gasteiger partial charge in [0.2, 0.25) is 0 Å². The molecule has 0 amide bonds. The van der Waals surface area contributed by atoms with Crippen molar-refractivity contribution >= 4 is 21.5 Å². The predicted octanol–water partition coefficient (Wildman–Crippen LogP) is 2.35. The summed E-state index contributed by atoms with van der Waals surface area (Å²) in [5.41, 5.74) is 4.80. The van der Waals surface area contributed by atoms with E-state index in [2.05, 4.69) is 4.98 Å². The molecule has 2 unspecified atom stereocenters. The Balaban J connectivity index is 2.12. The highest BCUT2D eigenvalue weighted by molar-refractivity contribution is 7.47. The third-order valence-corrected chi connectivity index (χ3v) is 6.55. The molecule has 0 aliphatic carbocycles. The van der Waals surface area contributed by atoms with Gasteiger partial charge in [0, 0.05) is 12.6 Å². The van der Waals surface area contributed by atoms with Crippen LogP contribution >= 0.6 is 15.6 Å². The molecule has 184 valence electrons. The van der Waals surface area contributed by atoms with Crippen molar-refractivity contribution in [2.75, 3.05) is 25.6 Å². The van der Waals surface area contributed by atoms with E-state index in [1.54, 1.807) is 0 Å². The number of anilines is 1. The number of nitrogen functional groups attached to an aromatic ring is 1. The van der Waals surface area contributed by atoms with Crippen LogP contribution in [-0.4, -0.2) is 51.4 Å². The van der Waals surface area contributed by atoms with Crippen molar-refractivity contribution in [3.05, 3.63) is 22.7 Å². The summed E-state index contributed by atoms with van der Waals surface area (Å²) in [6, 6.07) is 1.39. The van der Waals surface area contributed by atoms with Gasteiger partial charge in [-0.05, 0) is 18.9 Å². The molecule has 1 aromatic rings. The molecule has 15 heteroatoms. The van der Waals surface area contributed by atoms with Gasteiger partial charge in [0.25, 0.3) is 0 Å². The standard InChI is InChI=1S/C17H31N3O10P2/c1-3-5-9-26-31(22,23)28-12-14-13(30-32(24,25)27-10-6-4-2)11-16(29-14)20-8-7-15(18)19-17(20)21/h7-8,13-14,16H,3-6,9-12H2,1-2H3,(H,22,23)(H,24,25)(H2,18,19,21)/t13-,14+,16-/m1/s1. The lowest BCUT2D eigenvalue weighted by Gasteiger charge is -2.22. The highest BCUT2D eigenvalue weighted by Gasteiger charge is 2.43. The smallest absolute Gasteiger partial charge is 0.383 e. The highest BCUT2D eigenvalue weighted by Crippen LogP contribution is 2.49. The molecule has 0 spiro atoms. The highest BCUT2D eigenvalue weighted by atomic mass is 31.2. The van der Waals surface area contributed by atoms with E-state index in [4.69, 9.17) is 28.6 Å². The Morgan fingerprint density at radius 3 is 2.38 bits per heavy atom. The number of rotatable bonds is 14. The van der Waals surface area contributed by atoms with Crippen LogP contribution in [0.15, 0.2) is 17.1 Å². The second kappa shape index (κ2) is 12.4. The second-order valence-corrected chi connectivity index (χ2v) is 10.0. The van der Waals surface area contributed by atoms with Crippen LogP contribution in [0.3, 0.4) is 0 Å². The summed E-state index contributed by atoms with van der Waals surface area (Å²) in [6.45, 7) is 3.34. The minimum Gasteiger partial charge on any atom is -0.383 e. The molecular weight excluding hydrogens is 468 g/mol. The van der Waals surface area contributed by atoms with Gasteiger partial charge >= 0.3 is 21.3 Å². The number of phosphoric ester groups is 2. The van der Waals surface area contributed by atoms with Crippen LogP contribution in [-0.2, 0) is 32.0 Å². The lowest BCUT2D eigenvalue weighted by atomic mass is 10.2. The Labute approximate surface area is 186 Å². The van der Waals surface area contributed by atoms with E-state index < -0.39 is 46.4 Å². The molecule has 1 aliphatic heterocycles. The first kappa shape index (κ1) is 27.1. The topological polar surface area (TPSA) is 182 Å². The Kier molecular flexibility index (Phi) is 10.5. The number of hydrogen-bond acceptors (Lipinski definition) is 10. The number of hydrogen-bond donors (Lipinski definition) is 3. The summed E-state index contributed by atoms with van der Waals surface area (Å²) < 4.78 is 51.3. The van der Waals surface area contributed by atoms with Crippen molar-refractivity contribution in [1.29, 1.82) is 0 Å². The zero-order chi connectivity index (χ0) is 23.8. The fourth-order valence-corrected chi connectivity index (χ4v) is 4.59. The van der Waals surface area contributed by atoms with E-state index in [1.807, 2.05) is 13.8 Å². The first-order chi connectivity index (χ1) is 15.1. The van der Waals surface area contributed by atoms with Gasteiger partial charge in [-0.3, -0.25) is 22.7 Å². The Bertz CT molecular complexity index is 882. The van der Waals surface area contributed by atoms with Gasteiger partial charge < -0.3 is 20.3 Å². The minimum atomic E-state index is -4.45. The van der Waals surface area contributed by atoms with Gasteiger partial charge in [0.15, 0.2) is 0 Å². The molecule has 0 saturated carbocycles. The average Bonchev–Trinajstić information content (AvgIpc) is 3.08. The molecule has 0 radical (unpaired) electrons. The molecule has 1 aromatic heterocycles. The van der Waals surface area contributed by atoms with Crippen molar-refractivity contribution in [3.8, 4) is 0 Å². The van der Waals surface area contributed by atoms with Gasteiger partial charge in [0.05, 0.1) is 19.8 Å². The molecule has 2 heterocycles. The summed E-state index contributed by atoms with van der Waals surface area (Å²) in [5.74, 6) is 0.0200.